The maximum atomic E-state index is 12.5. The Hall–Kier alpha value is -1.69. The van der Waals surface area contributed by atoms with E-state index in [0.29, 0.717) is 6.61 Å². The first-order valence-corrected chi connectivity index (χ1v) is 10.6. The number of thioether (sulfide) groups is 2. The fraction of sp³-hybridized carbons (Fsp3) is 0.318. The second-order valence-corrected chi connectivity index (χ2v) is 8.87. The summed E-state index contributed by atoms with van der Waals surface area (Å²) < 4.78 is 11.3. The Bertz CT molecular complexity index is 709. The molecule has 0 saturated carbocycles. The van der Waals surface area contributed by atoms with Crippen LogP contribution in [0.2, 0.25) is 0 Å². The highest BCUT2D eigenvalue weighted by Gasteiger charge is 2.26. The molecule has 1 atom stereocenters. The molecule has 144 valence electrons. The standard InChI is InChI=1S/C22H26O3S2/c1-22(2,3)25-20(23)21(27-19-14-8-5-9-15-19)24-16-10-11-17-26-18-12-6-4-7-13-18/h4-9,11-15,17,21H,10,16H2,1-3H3/b17-11+. The maximum absolute atomic E-state index is 12.5. The summed E-state index contributed by atoms with van der Waals surface area (Å²) in [4.78, 5) is 14.6. The Labute approximate surface area is 170 Å². The average molecular weight is 403 g/mol. The van der Waals surface area contributed by atoms with Gasteiger partial charge in [0.05, 0.1) is 6.61 Å². The molecule has 0 aliphatic rings. The van der Waals surface area contributed by atoms with Crippen molar-refractivity contribution < 1.29 is 14.3 Å². The number of rotatable bonds is 9. The van der Waals surface area contributed by atoms with Crippen molar-refractivity contribution in [3.63, 3.8) is 0 Å². The van der Waals surface area contributed by atoms with Crippen molar-refractivity contribution in [1.29, 1.82) is 0 Å². The zero-order chi connectivity index (χ0) is 19.5. The van der Waals surface area contributed by atoms with Crippen LogP contribution in [0.3, 0.4) is 0 Å². The van der Waals surface area contributed by atoms with Crippen LogP contribution < -0.4 is 0 Å². The molecule has 0 spiro atoms. The van der Waals surface area contributed by atoms with Crippen molar-refractivity contribution in [3.8, 4) is 0 Å². The summed E-state index contributed by atoms with van der Waals surface area (Å²) in [7, 11) is 0. The highest BCUT2D eigenvalue weighted by Crippen LogP contribution is 2.26. The van der Waals surface area contributed by atoms with Gasteiger partial charge in [-0.05, 0) is 56.9 Å². The van der Waals surface area contributed by atoms with Gasteiger partial charge >= 0.3 is 5.97 Å². The van der Waals surface area contributed by atoms with Crippen molar-refractivity contribution in [1.82, 2.24) is 0 Å². The van der Waals surface area contributed by atoms with Crippen molar-refractivity contribution in [2.24, 2.45) is 0 Å². The maximum Gasteiger partial charge on any atom is 0.346 e. The highest BCUT2D eigenvalue weighted by molar-refractivity contribution is 8.02. The van der Waals surface area contributed by atoms with Crippen molar-refractivity contribution in [3.05, 3.63) is 72.1 Å². The van der Waals surface area contributed by atoms with Gasteiger partial charge in [0, 0.05) is 9.79 Å². The van der Waals surface area contributed by atoms with Crippen molar-refractivity contribution in [2.45, 2.75) is 48.0 Å². The molecule has 0 aliphatic carbocycles. The van der Waals surface area contributed by atoms with Crippen LogP contribution in [0, 0.1) is 0 Å². The Morgan fingerprint density at radius 2 is 1.59 bits per heavy atom. The van der Waals surface area contributed by atoms with Crippen LogP contribution in [-0.2, 0) is 14.3 Å². The van der Waals surface area contributed by atoms with Crippen LogP contribution in [0.25, 0.3) is 0 Å². The first-order chi connectivity index (χ1) is 12.9. The first-order valence-electron chi connectivity index (χ1n) is 8.87. The number of hydrogen-bond donors (Lipinski definition) is 0. The van der Waals surface area contributed by atoms with E-state index in [9.17, 15) is 4.79 Å². The lowest BCUT2D eigenvalue weighted by Gasteiger charge is -2.23. The van der Waals surface area contributed by atoms with E-state index >= 15 is 0 Å². The van der Waals surface area contributed by atoms with Gasteiger partial charge in [0.2, 0.25) is 5.44 Å². The summed E-state index contributed by atoms with van der Waals surface area (Å²) >= 11 is 3.04. The van der Waals surface area contributed by atoms with Gasteiger partial charge < -0.3 is 9.47 Å². The van der Waals surface area contributed by atoms with Gasteiger partial charge in [-0.25, -0.2) is 4.79 Å². The van der Waals surface area contributed by atoms with Crippen molar-refractivity contribution >= 4 is 29.5 Å². The zero-order valence-electron chi connectivity index (χ0n) is 16.0. The van der Waals surface area contributed by atoms with Crippen LogP contribution in [0.1, 0.15) is 27.2 Å². The fourth-order valence-corrected chi connectivity index (χ4v) is 3.63. The Morgan fingerprint density at radius 3 is 2.19 bits per heavy atom. The van der Waals surface area contributed by atoms with E-state index in [4.69, 9.17) is 9.47 Å². The lowest BCUT2D eigenvalue weighted by molar-refractivity contribution is -0.162. The van der Waals surface area contributed by atoms with E-state index in [1.54, 1.807) is 11.8 Å². The third-order valence-electron chi connectivity index (χ3n) is 3.18. The van der Waals surface area contributed by atoms with Crippen LogP contribution in [0.15, 0.2) is 81.9 Å². The predicted molar refractivity (Wildman–Crippen MR) is 114 cm³/mol. The van der Waals surface area contributed by atoms with Crippen LogP contribution >= 0.6 is 23.5 Å². The minimum atomic E-state index is -0.679. The third-order valence-corrected chi connectivity index (χ3v) is 5.14. The van der Waals surface area contributed by atoms with E-state index in [2.05, 4.69) is 18.2 Å². The fourth-order valence-electron chi connectivity index (χ4n) is 2.06. The van der Waals surface area contributed by atoms with Gasteiger partial charge in [-0.2, -0.15) is 0 Å². The molecule has 2 rings (SSSR count). The van der Waals surface area contributed by atoms with E-state index in [1.807, 2.05) is 74.7 Å². The number of ether oxygens (including phenoxy) is 2. The quantitative estimate of drug-likeness (QED) is 0.217. The van der Waals surface area contributed by atoms with Crippen LogP contribution in [-0.4, -0.2) is 23.6 Å². The molecule has 0 amide bonds. The Kier molecular flexibility index (Phi) is 8.98. The number of benzene rings is 2. The molecule has 0 bridgehead atoms. The summed E-state index contributed by atoms with van der Waals surface area (Å²) in [6.07, 6.45) is 2.78. The molecule has 0 heterocycles. The predicted octanol–water partition coefficient (Wildman–Crippen LogP) is 6.16. The second-order valence-electron chi connectivity index (χ2n) is 6.76. The topological polar surface area (TPSA) is 35.5 Å². The molecule has 0 N–H and O–H groups in total. The van der Waals surface area contributed by atoms with Gasteiger partial charge in [0.25, 0.3) is 0 Å². The Balaban J connectivity index is 1.84. The van der Waals surface area contributed by atoms with Crippen molar-refractivity contribution in [2.75, 3.05) is 6.61 Å². The number of hydrogen-bond acceptors (Lipinski definition) is 5. The van der Waals surface area contributed by atoms with Crippen LogP contribution in [0.4, 0.5) is 0 Å². The van der Waals surface area contributed by atoms with Crippen LogP contribution in [0.5, 0.6) is 0 Å². The molecule has 3 nitrogen and oxygen atoms in total. The summed E-state index contributed by atoms with van der Waals surface area (Å²) in [5, 5.41) is 2.05. The molecular weight excluding hydrogens is 376 g/mol. The number of carbonyl (C=O) groups is 1. The average Bonchev–Trinajstić information content (AvgIpc) is 2.64. The normalized spacial score (nSPS) is 12.9. The molecule has 0 radical (unpaired) electrons. The minimum absolute atomic E-state index is 0.348. The van der Waals surface area contributed by atoms with Gasteiger partial charge in [-0.15, -0.1) is 0 Å². The molecule has 0 aromatic heterocycles. The number of carbonyl (C=O) groups excluding carboxylic acids is 1. The zero-order valence-corrected chi connectivity index (χ0v) is 17.6. The number of esters is 1. The smallest absolute Gasteiger partial charge is 0.346 e. The molecule has 1 unspecified atom stereocenters. The van der Waals surface area contributed by atoms with Gasteiger partial charge in [0.15, 0.2) is 0 Å². The molecule has 0 saturated heterocycles. The third kappa shape index (κ3) is 9.18. The van der Waals surface area contributed by atoms with E-state index in [0.717, 1.165) is 11.3 Å². The molecule has 2 aromatic carbocycles. The largest absolute Gasteiger partial charge is 0.457 e. The van der Waals surface area contributed by atoms with E-state index in [-0.39, 0.29) is 5.97 Å². The Morgan fingerprint density at radius 1 is 1.00 bits per heavy atom. The van der Waals surface area contributed by atoms with E-state index in [1.165, 1.54) is 16.7 Å². The highest BCUT2D eigenvalue weighted by atomic mass is 32.2. The summed E-state index contributed by atoms with van der Waals surface area (Å²) in [5.74, 6) is -0.348. The SMILES string of the molecule is CC(C)(C)OC(=O)C(OCC/C=C/Sc1ccccc1)Sc1ccccc1. The first kappa shape index (κ1) is 21.6. The second kappa shape index (κ2) is 11.2. The monoisotopic (exact) mass is 402 g/mol. The molecule has 0 aliphatic heterocycles. The molecule has 27 heavy (non-hydrogen) atoms. The van der Waals surface area contributed by atoms with Gasteiger partial charge in [-0.1, -0.05) is 66.0 Å². The summed E-state index contributed by atoms with van der Waals surface area (Å²) in [6.45, 7) is 6.03. The summed E-state index contributed by atoms with van der Waals surface area (Å²) in [6, 6.07) is 19.9. The van der Waals surface area contributed by atoms with Gasteiger partial charge in [-0.3, -0.25) is 0 Å². The van der Waals surface area contributed by atoms with E-state index < -0.39 is 11.0 Å². The lowest BCUT2D eigenvalue weighted by Crippen LogP contribution is -2.32. The lowest BCUT2D eigenvalue weighted by atomic mass is 10.2. The molecule has 5 heteroatoms. The summed E-state index contributed by atoms with van der Waals surface area (Å²) in [5.41, 5.74) is -1.22. The minimum Gasteiger partial charge on any atom is -0.457 e. The van der Waals surface area contributed by atoms with Gasteiger partial charge in [0.1, 0.15) is 5.60 Å². The molecule has 0 fully saturated rings. The molecular formula is C22H26O3S2. The molecule has 2 aromatic rings.